The molecule has 0 spiro atoms. The van der Waals surface area contributed by atoms with Crippen LogP contribution in [0.2, 0.25) is 0 Å². The van der Waals surface area contributed by atoms with E-state index < -0.39 is 17.7 Å². The summed E-state index contributed by atoms with van der Waals surface area (Å²) < 4.78 is 29.3. The van der Waals surface area contributed by atoms with Crippen LogP contribution in [0.15, 0.2) is 42.6 Å². The van der Waals surface area contributed by atoms with Crippen molar-refractivity contribution in [2.24, 2.45) is 11.8 Å². The molecule has 1 aliphatic carbocycles. The summed E-state index contributed by atoms with van der Waals surface area (Å²) in [5.74, 6) is -1.16. The predicted molar refractivity (Wildman–Crippen MR) is 116 cm³/mol. The van der Waals surface area contributed by atoms with Gasteiger partial charge in [-0.05, 0) is 67.5 Å². The predicted octanol–water partition coefficient (Wildman–Crippen LogP) is 4.90. The van der Waals surface area contributed by atoms with Gasteiger partial charge in [0.05, 0.1) is 29.8 Å². The van der Waals surface area contributed by atoms with Crippen molar-refractivity contribution < 1.29 is 18.4 Å². The van der Waals surface area contributed by atoms with Crippen LogP contribution in [-0.2, 0) is 16.2 Å². The molecule has 0 radical (unpaired) electrons. The third-order valence-electron chi connectivity index (χ3n) is 6.71. The van der Waals surface area contributed by atoms with Gasteiger partial charge in [0, 0.05) is 36.5 Å². The van der Waals surface area contributed by atoms with Crippen molar-refractivity contribution in [3.63, 3.8) is 0 Å². The van der Waals surface area contributed by atoms with Gasteiger partial charge in [-0.2, -0.15) is 10.4 Å². The van der Waals surface area contributed by atoms with Crippen molar-refractivity contribution in [1.82, 2.24) is 14.8 Å². The highest BCUT2D eigenvalue weighted by molar-refractivity contribution is 5.79. The van der Waals surface area contributed by atoms with Gasteiger partial charge in [-0.25, -0.2) is 13.8 Å². The number of nitrogens with zero attached hydrogens (tertiary/aromatic N) is 4. The molecule has 5 rings (SSSR count). The Morgan fingerprint density at radius 2 is 1.85 bits per heavy atom. The van der Waals surface area contributed by atoms with Crippen LogP contribution >= 0.6 is 0 Å². The van der Waals surface area contributed by atoms with Gasteiger partial charge in [0.2, 0.25) is 5.91 Å². The van der Waals surface area contributed by atoms with Crippen LogP contribution < -0.4 is 0 Å². The smallest absolute Gasteiger partial charge is 0.249 e. The Morgan fingerprint density at radius 3 is 2.58 bits per heavy atom. The summed E-state index contributed by atoms with van der Waals surface area (Å²) >= 11 is 0. The molecule has 0 bridgehead atoms. The highest BCUT2D eigenvalue weighted by Gasteiger charge is 2.37. The highest BCUT2D eigenvalue weighted by atomic mass is 19.1. The Balaban J connectivity index is 1.21. The summed E-state index contributed by atoms with van der Waals surface area (Å²) in [6.07, 6.45) is 5.75. The van der Waals surface area contributed by atoms with Crippen molar-refractivity contribution in [1.29, 1.82) is 5.26 Å². The van der Waals surface area contributed by atoms with Crippen LogP contribution in [0.25, 0.3) is 10.9 Å². The minimum absolute atomic E-state index is 0.102. The first kappa shape index (κ1) is 21.5. The first-order chi connectivity index (χ1) is 16.0. The highest BCUT2D eigenvalue weighted by Crippen LogP contribution is 2.37. The van der Waals surface area contributed by atoms with E-state index in [1.54, 1.807) is 6.07 Å². The van der Waals surface area contributed by atoms with Crippen molar-refractivity contribution in [2.45, 2.75) is 44.7 Å². The van der Waals surface area contributed by atoms with E-state index in [-0.39, 0.29) is 11.8 Å². The number of nitriles is 1. The van der Waals surface area contributed by atoms with Crippen LogP contribution in [0.5, 0.6) is 0 Å². The number of hydroxylamine groups is 2. The molecule has 0 N–H and O–H groups in total. The molecule has 1 atom stereocenters. The maximum atomic E-state index is 13.7. The fraction of sp³-hybridized carbons (Fsp3) is 0.400. The average Bonchev–Trinajstić information content (AvgIpc) is 3.44. The van der Waals surface area contributed by atoms with Gasteiger partial charge in [-0.3, -0.25) is 14.3 Å². The van der Waals surface area contributed by atoms with Crippen LogP contribution in [0.4, 0.5) is 8.78 Å². The molecule has 8 heteroatoms. The second-order valence-corrected chi connectivity index (χ2v) is 8.96. The number of aromatic nitrogens is 2. The number of carbonyl (C=O) groups is 1. The van der Waals surface area contributed by atoms with Gasteiger partial charge in [0.25, 0.3) is 0 Å². The Kier molecular flexibility index (Phi) is 5.81. The zero-order chi connectivity index (χ0) is 22.9. The van der Waals surface area contributed by atoms with E-state index in [4.69, 9.17) is 10.1 Å². The van der Waals surface area contributed by atoms with Crippen LogP contribution in [-0.4, -0.2) is 27.4 Å². The van der Waals surface area contributed by atoms with Gasteiger partial charge >= 0.3 is 0 Å². The standard InChI is InChI=1S/C25H24F2N4O2/c26-21-10-19(11-22(27)12-21)24-7-8-33-31(24)25(32)18-4-1-16(2-5-18)14-30-15-20-9-17(13-28)3-6-23(20)29-30/h3,6,9-12,15-16,18,24H,1-2,4-5,7-8,14H2/t16-,18-,24-/m0/s1. The second-order valence-electron chi connectivity index (χ2n) is 8.96. The van der Waals surface area contributed by atoms with Crippen molar-refractivity contribution in [3.05, 3.63) is 65.4 Å². The molecule has 2 heterocycles. The maximum absolute atomic E-state index is 13.7. The van der Waals surface area contributed by atoms with E-state index in [0.717, 1.165) is 49.2 Å². The molecule has 6 nitrogen and oxygen atoms in total. The summed E-state index contributed by atoms with van der Waals surface area (Å²) in [6.45, 7) is 1.12. The minimum Gasteiger partial charge on any atom is -0.272 e. The molecule has 1 aromatic heterocycles. The van der Waals surface area contributed by atoms with E-state index in [9.17, 15) is 13.6 Å². The molecule has 0 unspecified atom stereocenters. The summed E-state index contributed by atoms with van der Waals surface area (Å²) in [5.41, 5.74) is 1.91. The van der Waals surface area contributed by atoms with E-state index in [1.807, 2.05) is 23.0 Å². The molecule has 33 heavy (non-hydrogen) atoms. The molecule has 3 aromatic rings. The second kappa shape index (κ2) is 8.91. The molecule has 1 saturated heterocycles. The van der Waals surface area contributed by atoms with Gasteiger partial charge in [0.1, 0.15) is 11.6 Å². The number of rotatable bonds is 4. The fourth-order valence-corrected chi connectivity index (χ4v) is 5.03. The summed E-state index contributed by atoms with van der Waals surface area (Å²) in [4.78, 5) is 18.8. The van der Waals surface area contributed by atoms with E-state index in [1.165, 1.54) is 17.2 Å². The lowest BCUT2D eigenvalue weighted by Crippen LogP contribution is -2.37. The topological polar surface area (TPSA) is 71.2 Å². The Morgan fingerprint density at radius 1 is 1.09 bits per heavy atom. The van der Waals surface area contributed by atoms with Crippen LogP contribution in [0.1, 0.15) is 49.3 Å². The number of hydrogen-bond donors (Lipinski definition) is 0. The van der Waals surface area contributed by atoms with E-state index in [0.29, 0.717) is 30.1 Å². The molecule has 1 saturated carbocycles. The fourth-order valence-electron chi connectivity index (χ4n) is 5.03. The first-order valence-electron chi connectivity index (χ1n) is 11.3. The normalized spacial score (nSPS) is 23.1. The Bertz CT molecular complexity index is 1210. The number of carbonyl (C=O) groups excluding carboxylic acids is 1. The van der Waals surface area contributed by atoms with Gasteiger partial charge in [0.15, 0.2) is 0 Å². The average molecular weight is 450 g/mol. The molecular formula is C25H24F2N4O2. The van der Waals surface area contributed by atoms with Gasteiger partial charge in [-0.15, -0.1) is 0 Å². The zero-order valence-corrected chi connectivity index (χ0v) is 18.1. The lowest BCUT2D eigenvalue weighted by Gasteiger charge is -2.32. The summed E-state index contributed by atoms with van der Waals surface area (Å²) in [6, 6.07) is 10.5. The number of benzene rings is 2. The number of hydrogen-bond acceptors (Lipinski definition) is 4. The van der Waals surface area contributed by atoms with Crippen molar-refractivity contribution >= 4 is 16.8 Å². The molecule has 170 valence electrons. The van der Waals surface area contributed by atoms with Crippen molar-refractivity contribution in [3.8, 4) is 6.07 Å². The monoisotopic (exact) mass is 450 g/mol. The largest absolute Gasteiger partial charge is 0.272 e. The molecule has 1 aliphatic heterocycles. The summed E-state index contributed by atoms with van der Waals surface area (Å²) in [7, 11) is 0. The van der Waals surface area contributed by atoms with Crippen LogP contribution in [0.3, 0.4) is 0 Å². The van der Waals surface area contributed by atoms with E-state index >= 15 is 0 Å². The van der Waals surface area contributed by atoms with E-state index in [2.05, 4.69) is 11.2 Å². The zero-order valence-electron chi connectivity index (χ0n) is 18.1. The molecule has 2 fully saturated rings. The third-order valence-corrected chi connectivity index (χ3v) is 6.71. The molecule has 2 aromatic carbocycles. The number of halogens is 2. The molecule has 1 amide bonds. The Hall–Kier alpha value is -3.31. The third kappa shape index (κ3) is 4.46. The first-order valence-corrected chi connectivity index (χ1v) is 11.3. The minimum atomic E-state index is -0.653. The maximum Gasteiger partial charge on any atom is 0.249 e. The number of fused-ring (bicyclic) bond motifs is 1. The lowest BCUT2D eigenvalue weighted by molar-refractivity contribution is -0.183. The van der Waals surface area contributed by atoms with Crippen LogP contribution in [0, 0.1) is 34.8 Å². The quantitative estimate of drug-likeness (QED) is 0.567. The lowest BCUT2D eigenvalue weighted by atomic mass is 9.81. The summed E-state index contributed by atoms with van der Waals surface area (Å²) in [5, 5.41) is 16.0. The SMILES string of the molecule is N#Cc1ccc2nn(C[C@H]3CC[C@H](C(=O)N4OCC[C@H]4c4cc(F)cc(F)c4)CC3)cc2c1. The van der Waals surface area contributed by atoms with Gasteiger partial charge in [-0.1, -0.05) is 0 Å². The molecular weight excluding hydrogens is 426 g/mol. The number of amides is 1. The van der Waals surface area contributed by atoms with Crippen molar-refractivity contribution in [2.75, 3.05) is 6.61 Å². The van der Waals surface area contributed by atoms with Gasteiger partial charge < -0.3 is 0 Å². The molecule has 2 aliphatic rings. The Labute approximate surface area is 190 Å².